The van der Waals surface area contributed by atoms with Gasteiger partial charge in [0.25, 0.3) is 5.69 Å². The second-order valence-corrected chi connectivity index (χ2v) is 9.27. The molecule has 1 aliphatic rings. The highest BCUT2D eigenvalue weighted by Gasteiger charge is 2.25. The van der Waals surface area contributed by atoms with E-state index < -0.39 is 0 Å². The van der Waals surface area contributed by atoms with Crippen LogP contribution < -0.4 is 15.4 Å². The molecule has 33 heavy (non-hydrogen) atoms. The Morgan fingerprint density at radius 2 is 1.61 bits per heavy atom. The summed E-state index contributed by atoms with van der Waals surface area (Å²) in [5.41, 5.74) is 3.02. The van der Waals surface area contributed by atoms with Crippen molar-refractivity contribution in [3.05, 3.63) is 81.1 Å². The van der Waals surface area contributed by atoms with Gasteiger partial charge in [0.2, 0.25) is 0 Å². The molecule has 4 aromatic rings. The maximum Gasteiger partial charge on any atom is 0.253 e. The molecule has 1 aliphatic heterocycles. The van der Waals surface area contributed by atoms with Gasteiger partial charge >= 0.3 is 0 Å². The maximum atomic E-state index is 13.1. The average Bonchev–Trinajstić information content (AvgIpc) is 2.81. The predicted molar refractivity (Wildman–Crippen MR) is 136 cm³/mol. The van der Waals surface area contributed by atoms with E-state index in [9.17, 15) is 5.21 Å². The van der Waals surface area contributed by atoms with Gasteiger partial charge in [0.15, 0.2) is 6.20 Å². The largest absolute Gasteiger partial charge is 0.618 e. The average molecular weight is 500 g/mol. The van der Waals surface area contributed by atoms with Crippen LogP contribution in [0.2, 0.25) is 15.1 Å². The number of rotatable bonds is 4. The minimum Gasteiger partial charge on any atom is -0.618 e. The molecule has 0 unspecified atom stereocenters. The van der Waals surface area contributed by atoms with Crippen molar-refractivity contribution in [1.29, 1.82) is 0 Å². The van der Waals surface area contributed by atoms with Crippen LogP contribution in [0.1, 0.15) is 12.8 Å². The summed E-state index contributed by atoms with van der Waals surface area (Å²) >= 11 is 19.6. The molecular weight excluding hydrogens is 479 g/mol. The normalized spacial score (nSPS) is 14.5. The molecule has 5 nitrogen and oxygen atoms in total. The Morgan fingerprint density at radius 3 is 2.33 bits per heavy atom. The van der Waals surface area contributed by atoms with Gasteiger partial charge in [-0.25, -0.2) is 4.98 Å². The van der Waals surface area contributed by atoms with Crippen molar-refractivity contribution >= 4 is 51.5 Å². The molecule has 3 heterocycles. The summed E-state index contributed by atoms with van der Waals surface area (Å²) in [6, 6.07) is 16.9. The van der Waals surface area contributed by atoms with E-state index in [1.165, 1.54) is 6.20 Å². The molecule has 2 aromatic carbocycles. The number of fused-ring (bicyclic) bond motifs is 1. The fourth-order valence-electron chi connectivity index (χ4n) is 4.33. The van der Waals surface area contributed by atoms with Gasteiger partial charge in [0.1, 0.15) is 11.3 Å². The summed E-state index contributed by atoms with van der Waals surface area (Å²) in [6.45, 7) is 1.90. The van der Waals surface area contributed by atoms with Crippen LogP contribution in [0, 0.1) is 5.21 Å². The third kappa shape index (κ3) is 4.34. The van der Waals surface area contributed by atoms with E-state index in [2.05, 4.69) is 10.6 Å². The Kier molecular flexibility index (Phi) is 6.30. The van der Waals surface area contributed by atoms with Crippen LogP contribution in [0.5, 0.6) is 0 Å². The quantitative estimate of drug-likeness (QED) is 0.254. The van der Waals surface area contributed by atoms with Gasteiger partial charge in [-0.1, -0.05) is 59.1 Å². The van der Waals surface area contributed by atoms with Crippen LogP contribution in [0.3, 0.4) is 0 Å². The van der Waals surface area contributed by atoms with Crippen molar-refractivity contribution in [2.75, 3.05) is 18.4 Å². The SMILES string of the molecule is [O-][n+]1ccc2c(-c3ccccc3Cl)cc(NC3CCNCC3)nc2c1-c1c(Cl)cccc1Cl. The van der Waals surface area contributed by atoms with Crippen molar-refractivity contribution in [2.45, 2.75) is 18.9 Å². The summed E-state index contributed by atoms with van der Waals surface area (Å²) in [6.07, 6.45) is 3.43. The van der Waals surface area contributed by atoms with Crippen LogP contribution >= 0.6 is 34.8 Å². The number of halogens is 3. The third-order valence-electron chi connectivity index (χ3n) is 5.93. The lowest BCUT2D eigenvalue weighted by Crippen LogP contribution is -2.35. The predicted octanol–water partition coefficient (Wildman–Crippen LogP) is 6.33. The van der Waals surface area contributed by atoms with Crippen molar-refractivity contribution in [1.82, 2.24) is 10.3 Å². The first-order chi connectivity index (χ1) is 16.0. The van der Waals surface area contributed by atoms with Gasteiger partial charge in [0, 0.05) is 28.1 Å². The van der Waals surface area contributed by atoms with Crippen LogP contribution in [0.25, 0.3) is 33.3 Å². The van der Waals surface area contributed by atoms with Gasteiger partial charge in [-0.05, 0) is 55.8 Å². The highest BCUT2D eigenvalue weighted by molar-refractivity contribution is 6.39. The van der Waals surface area contributed by atoms with Crippen molar-refractivity contribution in [3.8, 4) is 22.4 Å². The molecule has 2 N–H and O–H groups in total. The minimum atomic E-state index is 0.283. The molecule has 0 atom stereocenters. The number of hydrogen-bond acceptors (Lipinski definition) is 4. The molecule has 0 radical (unpaired) electrons. The topological polar surface area (TPSA) is 63.9 Å². The molecule has 0 spiro atoms. The molecule has 0 bridgehead atoms. The van der Waals surface area contributed by atoms with Crippen LogP contribution in [-0.4, -0.2) is 24.1 Å². The Hall–Kier alpha value is -2.57. The van der Waals surface area contributed by atoms with E-state index in [0.29, 0.717) is 37.7 Å². The van der Waals surface area contributed by atoms with Crippen molar-refractivity contribution in [2.24, 2.45) is 0 Å². The van der Waals surface area contributed by atoms with E-state index in [1.807, 2.05) is 30.3 Å². The number of nitrogens with zero attached hydrogens (tertiary/aromatic N) is 2. The second-order valence-electron chi connectivity index (χ2n) is 8.05. The van der Waals surface area contributed by atoms with E-state index in [0.717, 1.165) is 47.2 Å². The van der Waals surface area contributed by atoms with Crippen LogP contribution in [0.4, 0.5) is 5.82 Å². The number of benzene rings is 2. The Bertz CT molecular complexity index is 1320. The molecule has 1 fully saturated rings. The molecule has 0 saturated carbocycles. The van der Waals surface area contributed by atoms with E-state index >= 15 is 0 Å². The lowest BCUT2D eigenvalue weighted by atomic mass is 9.98. The maximum absolute atomic E-state index is 13.1. The second kappa shape index (κ2) is 9.35. The van der Waals surface area contributed by atoms with E-state index in [-0.39, 0.29) is 6.04 Å². The first-order valence-corrected chi connectivity index (χ1v) is 11.9. The van der Waals surface area contributed by atoms with Gasteiger partial charge in [0.05, 0.1) is 15.6 Å². The highest BCUT2D eigenvalue weighted by atomic mass is 35.5. The summed E-state index contributed by atoms with van der Waals surface area (Å²) in [4.78, 5) is 4.89. The van der Waals surface area contributed by atoms with Gasteiger partial charge in [-0.2, -0.15) is 4.73 Å². The third-order valence-corrected chi connectivity index (χ3v) is 6.89. The standard InChI is InChI=1S/C25H21Cl3N4O/c26-19-5-2-1-4-16(19)18-14-22(30-15-8-11-29-12-9-15)31-24-17(18)10-13-32(33)25(24)23-20(27)6-3-7-21(23)28/h1-7,10,13-15,29H,8-9,11-12H2,(H,30,31). The zero-order chi connectivity index (χ0) is 22.9. The molecule has 2 aromatic heterocycles. The fourth-order valence-corrected chi connectivity index (χ4v) is 5.14. The zero-order valence-electron chi connectivity index (χ0n) is 17.6. The number of hydrogen-bond donors (Lipinski definition) is 2. The van der Waals surface area contributed by atoms with Crippen LogP contribution in [0.15, 0.2) is 60.8 Å². The molecule has 8 heteroatoms. The summed E-state index contributed by atoms with van der Waals surface area (Å²) in [5, 5.41) is 22.2. The summed E-state index contributed by atoms with van der Waals surface area (Å²) < 4.78 is 0.771. The Balaban J connectivity index is 1.80. The monoisotopic (exact) mass is 498 g/mol. The lowest BCUT2D eigenvalue weighted by molar-refractivity contribution is -0.592. The smallest absolute Gasteiger partial charge is 0.253 e. The van der Waals surface area contributed by atoms with Gasteiger partial charge < -0.3 is 15.8 Å². The molecular formula is C25H21Cl3N4O. The van der Waals surface area contributed by atoms with Crippen molar-refractivity contribution in [3.63, 3.8) is 0 Å². The summed E-state index contributed by atoms with van der Waals surface area (Å²) in [7, 11) is 0. The highest BCUT2D eigenvalue weighted by Crippen LogP contribution is 2.40. The first-order valence-electron chi connectivity index (χ1n) is 10.8. The van der Waals surface area contributed by atoms with E-state index in [1.54, 1.807) is 24.3 Å². The zero-order valence-corrected chi connectivity index (χ0v) is 19.9. The minimum absolute atomic E-state index is 0.283. The molecule has 0 amide bonds. The number of piperidine rings is 1. The molecule has 1 saturated heterocycles. The molecule has 5 rings (SSSR count). The lowest BCUT2D eigenvalue weighted by Gasteiger charge is -2.25. The van der Waals surface area contributed by atoms with Gasteiger partial charge in [-0.15, -0.1) is 0 Å². The number of anilines is 1. The fraction of sp³-hybridized carbons (Fsp3) is 0.200. The number of nitrogens with one attached hydrogen (secondary N) is 2. The number of pyridine rings is 2. The summed E-state index contributed by atoms with van der Waals surface area (Å²) in [5.74, 6) is 0.681. The molecule has 168 valence electrons. The van der Waals surface area contributed by atoms with E-state index in [4.69, 9.17) is 39.8 Å². The Morgan fingerprint density at radius 1 is 0.909 bits per heavy atom. The van der Waals surface area contributed by atoms with Crippen LogP contribution in [-0.2, 0) is 0 Å². The first kappa shape index (κ1) is 22.2. The number of aromatic nitrogens is 2. The Labute approximate surface area is 206 Å². The van der Waals surface area contributed by atoms with Crippen molar-refractivity contribution < 1.29 is 4.73 Å². The van der Waals surface area contributed by atoms with Gasteiger partial charge in [-0.3, -0.25) is 0 Å². The molecule has 0 aliphatic carbocycles.